The zero-order valence-electron chi connectivity index (χ0n) is 20.8. The molecule has 0 aliphatic carbocycles. The van der Waals surface area contributed by atoms with Crippen LogP contribution < -0.4 is 15.4 Å². The van der Waals surface area contributed by atoms with E-state index >= 15 is 0 Å². The molecule has 11 heteroatoms. The lowest BCUT2D eigenvalue weighted by Gasteiger charge is -2.26. The summed E-state index contributed by atoms with van der Waals surface area (Å²) in [5.74, 6) is -0.0303. The lowest BCUT2D eigenvalue weighted by Crippen LogP contribution is -2.41. The number of amides is 1. The van der Waals surface area contributed by atoms with Gasteiger partial charge < -0.3 is 20.1 Å². The summed E-state index contributed by atoms with van der Waals surface area (Å²) in [5.41, 5.74) is 2.83. The molecule has 1 aliphatic heterocycles. The van der Waals surface area contributed by atoms with E-state index in [0.29, 0.717) is 53.7 Å². The van der Waals surface area contributed by atoms with Crippen molar-refractivity contribution in [3.63, 3.8) is 0 Å². The van der Waals surface area contributed by atoms with E-state index in [0.717, 1.165) is 19.6 Å². The Morgan fingerprint density at radius 1 is 1.19 bits per heavy atom. The smallest absolute Gasteiger partial charge is 0.406 e. The number of hydrogen-bond donors (Lipinski definition) is 2. The fourth-order valence-electron chi connectivity index (χ4n) is 3.60. The number of anilines is 2. The van der Waals surface area contributed by atoms with Crippen LogP contribution in [0.5, 0.6) is 5.75 Å². The summed E-state index contributed by atoms with van der Waals surface area (Å²) in [5, 5.41) is 5.99. The van der Waals surface area contributed by atoms with Crippen LogP contribution in [0.2, 0.25) is 0 Å². The Balaban J connectivity index is 1.59. The molecule has 3 rings (SSSR count). The lowest BCUT2D eigenvalue weighted by molar-refractivity contribution is -0.274. The van der Waals surface area contributed by atoms with Crippen LogP contribution in [0.1, 0.15) is 18.2 Å². The van der Waals surface area contributed by atoms with Gasteiger partial charge in [0, 0.05) is 43.0 Å². The van der Waals surface area contributed by atoms with Gasteiger partial charge in [0.2, 0.25) is 0 Å². The minimum Gasteiger partial charge on any atom is -0.406 e. The molecule has 1 aliphatic rings. The summed E-state index contributed by atoms with van der Waals surface area (Å²) in [7, 11) is 0. The quantitative estimate of drug-likeness (QED) is 0.357. The van der Waals surface area contributed by atoms with Crippen molar-refractivity contribution in [1.82, 2.24) is 20.2 Å². The number of nitrogens with one attached hydrogen (secondary N) is 2. The van der Waals surface area contributed by atoms with Crippen molar-refractivity contribution in [3.05, 3.63) is 72.2 Å². The van der Waals surface area contributed by atoms with Crippen molar-refractivity contribution < 1.29 is 27.4 Å². The van der Waals surface area contributed by atoms with Gasteiger partial charge in [0.05, 0.1) is 18.9 Å². The highest BCUT2D eigenvalue weighted by Gasteiger charge is 2.31. The summed E-state index contributed by atoms with van der Waals surface area (Å²) < 4.78 is 46.3. The third-order valence-corrected chi connectivity index (χ3v) is 5.59. The van der Waals surface area contributed by atoms with Gasteiger partial charge in [-0.15, -0.1) is 13.2 Å². The van der Waals surface area contributed by atoms with Gasteiger partial charge in [0.25, 0.3) is 5.91 Å². The molecule has 2 heterocycles. The van der Waals surface area contributed by atoms with E-state index in [1.165, 1.54) is 30.6 Å². The number of carbonyl (C=O) groups excluding carboxylic acids is 1. The fourth-order valence-corrected chi connectivity index (χ4v) is 3.60. The maximum atomic E-state index is 12.6. The van der Waals surface area contributed by atoms with E-state index in [9.17, 15) is 18.0 Å². The van der Waals surface area contributed by atoms with Crippen molar-refractivity contribution >= 4 is 23.0 Å². The van der Waals surface area contributed by atoms with Crippen LogP contribution in [0.3, 0.4) is 0 Å². The van der Waals surface area contributed by atoms with Crippen LogP contribution in [0.15, 0.2) is 61.0 Å². The van der Waals surface area contributed by atoms with Gasteiger partial charge in [0.15, 0.2) is 0 Å². The Kier molecular flexibility index (Phi) is 9.81. The Labute approximate surface area is 213 Å². The number of benzene rings is 1. The third kappa shape index (κ3) is 8.72. The molecule has 1 aromatic carbocycles. The normalized spacial score (nSPS) is 15.0. The van der Waals surface area contributed by atoms with Crippen LogP contribution in [-0.4, -0.2) is 66.5 Å². The number of rotatable bonds is 10. The molecule has 8 nitrogen and oxygen atoms in total. The number of nitrogens with zero attached hydrogens (tertiary/aromatic N) is 3. The largest absolute Gasteiger partial charge is 0.573 e. The first-order chi connectivity index (χ1) is 17.7. The second-order valence-corrected chi connectivity index (χ2v) is 8.21. The minimum absolute atomic E-state index is 0.181. The molecule has 2 N–H and O–H groups in total. The minimum atomic E-state index is -4.75. The fraction of sp³-hybridized carbons (Fsp3) is 0.346. The van der Waals surface area contributed by atoms with E-state index in [2.05, 4.69) is 36.8 Å². The highest BCUT2D eigenvalue weighted by Crippen LogP contribution is 2.27. The first kappa shape index (κ1) is 27.9. The van der Waals surface area contributed by atoms with Crippen molar-refractivity contribution in [1.29, 1.82) is 0 Å². The molecule has 0 unspecified atom stereocenters. The van der Waals surface area contributed by atoms with Crippen molar-refractivity contribution in [2.75, 3.05) is 44.7 Å². The molecule has 1 aromatic heterocycles. The van der Waals surface area contributed by atoms with Gasteiger partial charge in [-0.05, 0) is 49.8 Å². The Bertz CT molecular complexity index is 1140. The van der Waals surface area contributed by atoms with Crippen LogP contribution in [-0.2, 0) is 9.53 Å². The summed E-state index contributed by atoms with van der Waals surface area (Å²) in [6.07, 6.45) is 1.72. The van der Waals surface area contributed by atoms with Crippen molar-refractivity contribution in [2.24, 2.45) is 0 Å². The first-order valence-electron chi connectivity index (χ1n) is 11.7. The zero-order chi connectivity index (χ0) is 26.8. The number of allylic oxidation sites excluding steroid dienone is 3. The van der Waals surface area contributed by atoms with Crippen LogP contribution in [0.25, 0.3) is 5.57 Å². The monoisotopic (exact) mass is 517 g/mol. The standard InChI is InChI=1S/C26H30F3N5O3/c1-4-20(25(35)30-11-12-34-13-15-36-16-14-34)6-5-18(2)23-19(3)24(32-17-31-23)33-21-7-9-22(10-8-21)37-26(27,28)29/h4-10,17H,2,11-16H2,1,3H3,(H,30,35)(H,31,32,33)/b6-5-,20-4+. The zero-order valence-corrected chi connectivity index (χ0v) is 20.8. The lowest BCUT2D eigenvalue weighted by atomic mass is 10.1. The molecular formula is C26H30F3N5O3. The highest BCUT2D eigenvalue weighted by atomic mass is 19.4. The summed E-state index contributed by atoms with van der Waals surface area (Å²) in [4.78, 5) is 23.3. The molecule has 0 atom stereocenters. The number of hydrogen-bond acceptors (Lipinski definition) is 7. The predicted molar refractivity (Wildman–Crippen MR) is 135 cm³/mol. The summed E-state index contributed by atoms with van der Waals surface area (Å²) in [6, 6.07) is 5.32. The molecule has 1 fully saturated rings. The number of morpholine rings is 1. The molecule has 0 radical (unpaired) electrons. The van der Waals surface area contributed by atoms with Gasteiger partial charge in [-0.3, -0.25) is 9.69 Å². The Hall–Kier alpha value is -3.70. The predicted octanol–water partition coefficient (Wildman–Crippen LogP) is 4.39. The number of halogens is 3. The molecule has 198 valence electrons. The highest BCUT2D eigenvalue weighted by molar-refractivity contribution is 5.96. The summed E-state index contributed by atoms with van der Waals surface area (Å²) >= 11 is 0. The van der Waals surface area contributed by atoms with Gasteiger partial charge >= 0.3 is 6.36 Å². The van der Waals surface area contributed by atoms with Crippen LogP contribution in [0, 0.1) is 6.92 Å². The maximum absolute atomic E-state index is 12.6. The number of ether oxygens (including phenoxy) is 2. The topological polar surface area (TPSA) is 88.6 Å². The SMILES string of the molecule is C=C(/C=C\C(=C/C)C(=O)NCCN1CCOCC1)c1ncnc(Nc2ccc(OC(F)(F)F)cc2)c1C. The van der Waals surface area contributed by atoms with E-state index in [1.807, 2.05) is 0 Å². The average molecular weight is 518 g/mol. The van der Waals surface area contributed by atoms with E-state index in [4.69, 9.17) is 4.74 Å². The molecule has 1 amide bonds. The molecule has 37 heavy (non-hydrogen) atoms. The Morgan fingerprint density at radius 2 is 1.89 bits per heavy atom. The van der Waals surface area contributed by atoms with Crippen molar-refractivity contribution in [2.45, 2.75) is 20.2 Å². The van der Waals surface area contributed by atoms with Crippen LogP contribution >= 0.6 is 0 Å². The first-order valence-corrected chi connectivity index (χ1v) is 11.7. The van der Waals surface area contributed by atoms with Gasteiger partial charge in [-0.25, -0.2) is 9.97 Å². The number of aromatic nitrogens is 2. The molecule has 0 saturated carbocycles. The molecule has 0 bridgehead atoms. The second-order valence-electron chi connectivity index (χ2n) is 8.21. The van der Waals surface area contributed by atoms with Gasteiger partial charge in [-0.1, -0.05) is 18.7 Å². The Morgan fingerprint density at radius 3 is 2.54 bits per heavy atom. The molecule has 1 saturated heterocycles. The van der Waals surface area contributed by atoms with Gasteiger partial charge in [-0.2, -0.15) is 0 Å². The third-order valence-electron chi connectivity index (χ3n) is 5.59. The van der Waals surface area contributed by atoms with Crippen molar-refractivity contribution in [3.8, 4) is 5.75 Å². The second kappa shape index (κ2) is 13.0. The molecule has 0 spiro atoms. The number of carbonyl (C=O) groups is 1. The van der Waals surface area contributed by atoms with E-state index in [-0.39, 0.29) is 11.7 Å². The molecular weight excluding hydrogens is 487 g/mol. The van der Waals surface area contributed by atoms with Crippen LogP contribution in [0.4, 0.5) is 24.7 Å². The average Bonchev–Trinajstić information content (AvgIpc) is 2.86. The van der Waals surface area contributed by atoms with E-state index < -0.39 is 6.36 Å². The van der Waals surface area contributed by atoms with Gasteiger partial charge in [0.1, 0.15) is 17.9 Å². The summed E-state index contributed by atoms with van der Waals surface area (Å²) in [6.45, 7) is 12.1. The maximum Gasteiger partial charge on any atom is 0.573 e. The van der Waals surface area contributed by atoms with E-state index in [1.54, 1.807) is 32.1 Å². The molecule has 2 aromatic rings. The number of alkyl halides is 3.